The minimum Gasteiger partial charge on any atom is -0.490 e. The number of halogens is 2. The van der Waals surface area contributed by atoms with Gasteiger partial charge in [0, 0.05) is 10.4 Å². The van der Waals surface area contributed by atoms with Crippen LogP contribution in [0.4, 0.5) is 8.78 Å². The van der Waals surface area contributed by atoms with Crippen molar-refractivity contribution < 1.29 is 18.3 Å². The molecular formula is C19H16F2N4O2S. The molecule has 0 N–H and O–H groups in total. The van der Waals surface area contributed by atoms with E-state index in [4.69, 9.17) is 9.72 Å². The Bertz CT molecular complexity index is 1190. The lowest BCUT2D eigenvalue weighted by Crippen LogP contribution is -2.04. The third kappa shape index (κ3) is 2.77. The first-order chi connectivity index (χ1) is 13.6. The zero-order chi connectivity index (χ0) is 19.3. The summed E-state index contributed by atoms with van der Waals surface area (Å²) in [7, 11) is 0. The molecule has 0 saturated heterocycles. The van der Waals surface area contributed by atoms with Crippen LogP contribution in [0.3, 0.4) is 0 Å². The Balaban J connectivity index is 1.63. The summed E-state index contributed by atoms with van der Waals surface area (Å²) in [6.45, 7) is -0.812. The molecule has 5 rings (SSSR count). The van der Waals surface area contributed by atoms with E-state index in [-0.39, 0.29) is 11.5 Å². The molecule has 0 bridgehead atoms. The molecule has 9 heteroatoms. The number of hydrogen-bond donors (Lipinski definition) is 0. The fraction of sp³-hybridized carbons (Fsp3) is 0.316. The number of rotatable bonds is 5. The molecule has 0 amide bonds. The summed E-state index contributed by atoms with van der Waals surface area (Å²) in [5.41, 5.74) is 2.76. The summed E-state index contributed by atoms with van der Waals surface area (Å²) >= 11 is 1.72. The van der Waals surface area contributed by atoms with Crippen molar-refractivity contribution in [1.82, 2.24) is 19.6 Å². The molecule has 1 aliphatic rings. The summed E-state index contributed by atoms with van der Waals surface area (Å²) in [5, 5.41) is 5.60. The zero-order valence-corrected chi connectivity index (χ0v) is 15.8. The van der Waals surface area contributed by atoms with Crippen molar-refractivity contribution >= 4 is 27.2 Å². The average molecular weight is 402 g/mol. The smallest absolute Gasteiger partial charge is 0.387 e. The van der Waals surface area contributed by atoms with Gasteiger partial charge in [-0.2, -0.15) is 8.78 Å². The lowest BCUT2D eigenvalue weighted by molar-refractivity contribution is -0.0514. The summed E-state index contributed by atoms with van der Waals surface area (Å²) in [6.07, 6.45) is 4.94. The molecule has 1 aliphatic carbocycles. The molecule has 0 fully saturated rings. The molecule has 0 aliphatic heterocycles. The van der Waals surface area contributed by atoms with E-state index in [9.17, 15) is 8.78 Å². The second-order valence-electron chi connectivity index (χ2n) is 6.46. The quantitative estimate of drug-likeness (QED) is 0.492. The Morgan fingerprint density at radius 1 is 1.25 bits per heavy atom. The van der Waals surface area contributed by atoms with Gasteiger partial charge in [0.25, 0.3) is 0 Å². The van der Waals surface area contributed by atoms with E-state index in [1.54, 1.807) is 41.2 Å². The number of alkyl halides is 2. The predicted molar refractivity (Wildman–Crippen MR) is 101 cm³/mol. The minimum atomic E-state index is -2.92. The number of thiophene rings is 1. The van der Waals surface area contributed by atoms with Gasteiger partial charge in [0.2, 0.25) is 0 Å². The number of aromatic nitrogens is 4. The van der Waals surface area contributed by atoms with Crippen LogP contribution < -0.4 is 9.47 Å². The minimum absolute atomic E-state index is 0.0101. The molecule has 28 heavy (non-hydrogen) atoms. The molecule has 0 spiro atoms. The van der Waals surface area contributed by atoms with Gasteiger partial charge < -0.3 is 9.47 Å². The Morgan fingerprint density at radius 2 is 2.14 bits per heavy atom. The van der Waals surface area contributed by atoms with Crippen LogP contribution in [0.15, 0.2) is 24.5 Å². The van der Waals surface area contributed by atoms with Crippen molar-refractivity contribution in [3.05, 3.63) is 35.0 Å². The van der Waals surface area contributed by atoms with Crippen molar-refractivity contribution in [1.29, 1.82) is 0 Å². The first kappa shape index (κ1) is 17.3. The third-order valence-corrected chi connectivity index (χ3v) is 5.96. The molecule has 1 aromatic carbocycles. The lowest BCUT2D eigenvalue weighted by atomic mass is 10.2. The second kappa shape index (κ2) is 6.66. The van der Waals surface area contributed by atoms with E-state index in [1.807, 2.05) is 0 Å². The van der Waals surface area contributed by atoms with Crippen LogP contribution >= 0.6 is 11.3 Å². The molecule has 6 nitrogen and oxygen atoms in total. The van der Waals surface area contributed by atoms with Crippen LogP contribution in [0.25, 0.3) is 27.3 Å². The molecule has 0 atom stereocenters. The number of ether oxygens (including phenoxy) is 2. The Labute approximate surface area is 162 Å². The topological polar surface area (TPSA) is 61.5 Å². The maximum Gasteiger partial charge on any atom is 0.387 e. The SMILES string of the molecule is CCOc1cc(-c2nc3c4c5c(sc4ncn3n2)CCC5)ccc1OC(F)F. The molecule has 0 unspecified atom stereocenters. The van der Waals surface area contributed by atoms with Crippen LogP contribution in [-0.2, 0) is 12.8 Å². The largest absolute Gasteiger partial charge is 0.490 e. The molecule has 0 radical (unpaired) electrons. The van der Waals surface area contributed by atoms with E-state index in [0.29, 0.717) is 18.0 Å². The van der Waals surface area contributed by atoms with Crippen molar-refractivity contribution in [2.24, 2.45) is 0 Å². The predicted octanol–water partition coefficient (Wildman–Crippen LogP) is 4.49. The fourth-order valence-corrected chi connectivity index (χ4v) is 4.85. The Hall–Kier alpha value is -2.81. The van der Waals surface area contributed by atoms with Crippen LogP contribution in [0.5, 0.6) is 11.5 Å². The zero-order valence-electron chi connectivity index (χ0n) is 15.0. The molecule has 144 valence electrons. The van der Waals surface area contributed by atoms with Gasteiger partial charge in [-0.15, -0.1) is 16.4 Å². The fourth-order valence-electron chi connectivity index (χ4n) is 3.62. The average Bonchev–Trinajstić information content (AvgIpc) is 3.35. The summed E-state index contributed by atoms with van der Waals surface area (Å²) in [5.74, 6) is 0.708. The number of nitrogens with zero attached hydrogens (tertiary/aromatic N) is 4. The Morgan fingerprint density at radius 3 is 2.96 bits per heavy atom. The van der Waals surface area contributed by atoms with Gasteiger partial charge >= 0.3 is 6.61 Å². The van der Waals surface area contributed by atoms with Crippen molar-refractivity contribution in [2.75, 3.05) is 6.61 Å². The molecule has 4 aromatic rings. The van der Waals surface area contributed by atoms with E-state index in [2.05, 4.69) is 14.8 Å². The first-order valence-electron chi connectivity index (χ1n) is 9.01. The number of fused-ring (bicyclic) bond motifs is 5. The van der Waals surface area contributed by atoms with Crippen LogP contribution in [0, 0.1) is 0 Å². The summed E-state index contributed by atoms with van der Waals surface area (Å²) < 4.78 is 36.9. The van der Waals surface area contributed by atoms with Gasteiger partial charge in [0.15, 0.2) is 23.0 Å². The van der Waals surface area contributed by atoms with Gasteiger partial charge in [-0.25, -0.2) is 14.5 Å². The lowest BCUT2D eigenvalue weighted by Gasteiger charge is -2.11. The second-order valence-corrected chi connectivity index (χ2v) is 7.54. The van der Waals surface area contributed by atoms with Gasteiger partial charge in [-0.1, -0.05) is 0 Å². The molecular weight excluding hydrogens is 386 g/mol. The first-order valence-corrected chi connectivity index (χ1v) is 9.83. The molecule has 0 saturated carbocycles. The van der Waals surface area contributed by atoms with Gasteiger partial charge in [0.1, 0.15) is 11.2 Å². The highest BCUT2D eigenvalue weighted by molar-refractivity contribution is 7.19. The monoisotopic (exact) mass is 402 g/mol. The van der Waals surface area contributed by atoms with Crippen LogP contribution in [0.2, 0.25) is 0 Å². The van der Waals surface area contributed by atoms with E-state index in [1.165, 1.54) is 16.5 Å². The summed E-state index contributed by atoms with van der Waals surface area (Å²) in [4.78, 5) is 11.6. The normalized spacial score (nSPS) is 13.6. The van der Waals surface area contributed by atoms with Gasteiger partial charge in [-0.05, 0) is 49.9 Å². The third-order valence-electron chi connectivity index (χ3n) is 4.76. The highest BCUT2D eigenvalue weighted by atomic mass is 32.1. The van der Waals surface area contributed by atoms with E-state index in [0.717, 1.165) is 35.1 Å². The van der Waals surface area contributed by atoms with Crippen molar-refractivity contribution in [2.45, 2.75) is 32.8 Å². The number of aryl methyl sites for hydroxylation is 2. The maximum atomic E-state index is 12.6. The standard InChI is InChI=1S/C19H16F2N4O2S/c1-2-26-13-8-10(6-7-12(13)27-19(20)21)16-23-17-15-11-4-3-5-14(11)28-18(15)22-9-25(17)24-16/h6-9,19H,2-5H2,1H3. The van der Waals surface area contributed by atoms with E-state index < -0.39 is 6.61 Å². The van der Waals surface area contributed by atoms with Crippen LogP contribution in [-0.4, -0.2) is 32.8 Å². The van der Waals surface area contributed by atoms with Crippen molar-refractivity contribution in [3.63, 3.8) is 0 Å². The Kier molecular flexibility index (Phi) is 4.12. The number of hydrogen-bond acceptors (Lipinski definition) is 6. The molecule has 3 aromatic heterocycles. The van der Waals surface area contributed by atoms with E-state index >= 15 is 0 Å². The number of benzene rings is 1. The summed E-state index contributed by atoms with van der Waals surface area (Å²) in [6, 6.07) is 4.73. The molecule has 3 heterocycles. The highest BCUT2D eigenvalue weighted by Gasteiger charge is 2.22. The highest BCUT2D eigenvalue weighted by Crippen LogP contribution is 2.38. The van der Waals surface area contributed by atoms with Crippen molar-refractivity contribution in [3.8, 4) is 22.9 Å². The maximum absolute atomic E-state index is 12.6. The van der Waals surface area contributed by atoms with Gasteiger partial charge in [0.05, 0.1) is 12.0 Å². The van der Waals surface area contributed by atoms with Crippen LogP contribution in [0.1, 0.15) is 23.8 Å². The van der Waals surface area contributed by atoms with Gasteiger partial charge in [-0.3, -0.25) is 0 Å².